The van der Waals surface area contributed by atoms with Crippen LogP contribution in [0.15, 0.2) is 24.3 Å². The van der Waals surface area contributed by atoms with Crippen LogP contribution in [0.4, 0.5) is 0 Å². The molecule has 1 aliphatic heterocycles. The van der Waals surface area contributed by atoms with E-state index in [0.29, 0.717) is 6.54 Å². The summed E-state index contributed by atoms with van der Waals surface area (Å²) in [4.78, 5) is 26.1. The molecule has 0 aromatic heterocycles. The maximum atomic E-state index is 12.4. The van der Waals surface area contributed by atoms with Gasteiger partial charge in [0.15, 0.2) is 0 Å². The number of aryl methyl sites for hydroxylation is 1. The molecule has 1 fully saturated rings. The van der Waals surface area contributed by atoms with Crippen LogP contribution in [0.3, 0.4) is 0 Å². The van der Waals surface area contributed by atoms with E-state index in [1.54, 1.807) is 4.90 Å². The Bertz CT molecular complexity index is 554. The fourth-order valence-corrected chi connectivity index (χ4v) is 2.92. The third-order valence-corrected chi connectivity index (χ3v) is 4.44. The average molecular weight is 318 g/mol. The van der Waals surface area contributed by atoms with Crippen LogP contribution in [-0.4, -0.2) is 41.0 Å². The summed E-state index contributed by atoms with van der Waals surface area (Å²) in [7, 11) is 0. The Balaban J connectivity index is 2.01. The molecule has 0 spiro atoms. The number of nitrogens with one attached hydrogen (secondary N) is 1. The van der Waals surface area contributed by atoms with Crippen molar-refractivity contribution in [2.24, 2.45) is 5.92 Å². The van der Waals surface area contributed by atoms with E-state index in [1.807, 2.05) is 38.1 Å². The number of carbonyl (C=O) groups excluding carboxylic acids is 2. The van der Waals surface area contributed by atoms with Gasteiger partial charge in [0.1, 0.15) is 0 Å². The van der Waals surface area contributed by atoms with E-state index in [-0.39, 0.29) is 36.8 Å². The van der Waals surface area contributed by atoms with E-state index < -0.39 is 6.04 Å². The Hall–Kier alpha value is -1.88. The normalized spacial score (nSPS) is 19.3. The third-order valence-electron chi connectivity index (χ3n) is 4.44. The number of hydrogen-bond acceptors (Lipinski definition) is 3. The molecule has 23 heavy (non-hydrogen) atoms. The lowest BCUT2D eigenvalue weighted by molar-refractivity contribution is -0.130. The Morgan fingerprint density at radius 3 is 2.48 bits per heavy atom. The summed E-state index contributed by atoms with van der Waals surface area (Å²) in [5, 5.41) is 12.5. The molecule has 1 heterocycles. The Kier molecular flexibility index (Phi) is 5.77. The fourth-order valence-electron chi connectivity index (χ4n) is 2.92. The zero-order chi connectivity index (χ0) is 17.0. The molecule has 2 rings (SSSR count). The highest BCUT2D eigenvalue weighted by atomic mass is 16.3. The van der Waals surface area contributed by atoms with Crippen LogP contribution in [0.1, 0.15) is 44.4 Å². The molecule has 0 radical (unpaired) electrons. The van der Waals surface area contributed by atoms with Crippen LogP contribution in [-0.2, 0) is 16.0 Å². The molecule has 2 N–H and O–H groups in total. The summed E-state index contributed by atoms with van der Waals surface area (Å²) in [5.41, 5.74) is 2.09. The van der Waals surface area contributed by atoms with Crippen molar-refractivity contribution in [3.8, 4) is 0 Å². The molecule has 126 valence electrons. The van der Waals surface area contributed by atoms with Crippen LogP contribution in [0.2, 0.25) is 0 Å². The van der Waals surface area contributed by atoms with Gasteiger partial charge in [-0.15, -0.1) is 0 Å². The van der Waals surface area contributed by atoms with Crippen LogP contribution < -0.4 is 5.32 Å². The van der Waals surface area contributed by atoms with Crippen molar-refractivity contribution in [3.05, 3.63) is 35.4 Å². The smallest absolute Gasteiger partial charge is 0.225 e. The van der Waals surface area contributed by atoms with Gasteiger partial charge in [-0.05, 0) is 31.4 Å². The zero-order valence-electron chi connectivity index (χ0n) is 14.1. The molecule has 1 aromatic rings. The molecule has 0 aliphatic carbocycles. The van der Waals surface area contributed by atoms with Crippen LogP contribution in [0.25, 0.3) is 0 Å². The number of aliphatic hydroxyl groups is 1. The van der Waals surface area contributed by atoms with Crippen molar-refractivity contribution in [1.29, 1.82) is 0 Å². The summed E-state index contributed by atoms with van der Waals surface area (Å²) in [6.07, 6.45) is 1.20. The second kappa shape index (κ2) is 7.59. The molecule has 1 saturated heterocycles. The van der Waals surface area contributed by atoms with Gasteiger partial charge in [0.25, 0.3) is 0 Å². The second-order valence-electron chi connectivity index (χ2n) is 6.38. The Morgan fingerprint density at radius 2 is 2.00 bits per heavy atom. The topological polar surface area (TPSA) is 69.6 Å². The number of hydrogen-bond donors (Lipinski definition) is 2. The van der Waals surface area contributed by atoms with Gasteiger partial charge in [0.05, 0.1) is 18.6 Å². The van der Waals surface area contributed by atoms with Gasteiger partial charge >= 0.3 is 0 Å². The maximum absolute atomic E-state index is 12.4. The van der Waals surface area contributed by atoms with Crippen molar-refractivity contribution in [3.63, 3.8) is 0 Å². The molecule has 5 heteroatoms. The van der Waals surface area contributed by atoms with E-state index in [4.69, 9.17) is 0 Å². The lowest BCUT2D eigenvalue weighted by atomic mass is 10.0. The minimum absolute atomic E-state index is 0.0213. The number of carbonyl (C=O) groups is 2. The molecular formula is C18H26N2O3. The first-order valence-corrected chi connectivity index (χ1v) is 8.25. The fraction of sp³-hybridized carbons (Fsp3) is 0.556. The first-order valence-electron chi connectivity index (χ1n) is 8.25. The van der Waals surface area contributed by atoms with Gasteiger partial charge < -0.3 is 15.3 Å². The van der Waals surface area contributed by atoms with Gasteiger partial charge in [0.2, 0.25) is 11.8 Å². The largest absolute Gasteiger partial charge is 0.394 e. The second-order valence-corrected chi connectivity index (χ2v) is 6.38. The van der Waals surface area contributed by atoms with E-state index >= 15 is 0 Å². The van der Waals surface area contributed by atoms with E-state index in [0.717, 1.165) is 12.0 Å². The minimum Gasteiger partial charge on any atom is -0.394 e. The van der Waals surface area contributed by atoms with Gasteiger partial charge in [-0.1, -0.05) is 31.2 Å². The molecule has 0 saturated carbocycles. The van der Waals surface area contributed by atoms with E-state index in [2.05, 4.69) is 12.2 Å². The summed E-state index contributed by atoms with van der Waals surface area (Å²) in [6, 6.07) is 7.54. The first kappa shape index (κ1) is 17.5. The van der Waals surface area contributed by atoms with Crippen LogP contribution >= 0.6 is 0 Å². The predicted molar refractivity (Wildman–Crippen MR) is 88.7 cm³/mol. The summed E-state index contributed by atoms with van der Waals surface area (Å²) in [5.74, 6) is -0.484. The van der Waals surface area contributed by atoms with Gasteiger partial charge in [0, 0.05) is 19.0 Å². The van der Waals surface area contributed by atoms with Crippen LogP contribution in [0.5, 0.6) is 0 Å². The van der Waals surface area contributed by atoms with Crippen molar-refractivity contribution in [1.82, 2.24) is 10.2 Å². The molecule has 1 aliphatic rings. The maximum Gasteiger partial charge on any atom is 0.225 e. The molecule has 5 nitrogen and oxygen atoms in total. The number of aliphatic hydroxyl groups excluding tert-OH is 1. The molecule has 2 amide bonds. The molecule has 0 bridgehead atoms. The van der Waals surface area contributed by atoms with Gasteiger partial charge in [-0.3, -0.25) is 9.59 Å². The van der Waals surface area contributed by atoms with Gasteiger partial charge in [-0.2, -0.15) is 0 Å². The number of amides is 2. The molecular weight excluding hydrogens is 292 g/mol. The monoisotopic (exact) mass is 318 g/mol. The highest BCUT2D eigenvalue weighted by Crippen LogP contribution is 2.22. The quantitative estimate of drug-likeness (QED) is 0.838. The lowest BCUT2D eigenvalue weighted by Crippen LogP contribution is -2.38. The number of rotatable bonds is 6. The summed E-state index contributed by atoms with van der Waals surface area (Å²) < 4.78 is 0. The first-order chi connectivity index (χ1) is 11.0. The van der Waals surface area contributed by atoms with Gasteiger partial charge in [-0.25, -0.2) is 0 Å². The lowest BCUT2D eigenvalue weighted by Gasteiger charge is -2.22. The van der Waals surface area contributed by atoms with Crippen molar-refractivity contribution < 1.29 is 14.7 Å². The number of likely N-dealkylation sites (tertiary alicyclic amines) is 1. The van der Waals surface area contributed by atoms with Crippen molar-refractivity contribution >= 4 is 11.8 Å². The average Bonchev–Trinajstić information content (AvgIpc) is 2.95. The van der Waals surface area contributed by atoms with E-state index in [1.165, 1.54) is 5.56 Å². The number of benzene rings is 1. The Morgan fingerprint density at radius 1 is 1.35 bits per heavy atom. The molecule has 1 aromatic carbocycles. The van der Waals surface area contributed by atoms with E-state index in [9.17, 15) is 14.7 Å². The van der Waals surface area contributed by atoms with Crippen molar-refractivity contribution in [2.45, 2.75) is 45.7 Å². The standard InChI is InChI=1S/C18H26N2O3/c1-4-13-5-7-14(8-6-13)16(11-21)19-18(23)15-9-17(22)20(10-15)12(2)3/h5-8,12,15-16,21H,4,9-11H2,1-3H3,(H,19,23). The highest BCUT2D eigenvalue weighted by molar-refractivity contribution is 5.89. The Labute approximate surface area is 137 Å². The summed E-state index contributed by atoms with van der Waals surface area (Å²) >= 11 is 0. The predicted octanol–water partition coefficient (Wildman–Crippen LogP) is 1.66. The number of nitrogens with zero attached hydrogens (tertiary/aromatic N) is 1. The zero-order valence-corrected chi connectivity index (χ0v) is 14.1. The highest BCUT2D eigenvalue weighted by Gasteiger charge is 2.36. The summed E-state index contributed by atoms with van der Waals surface area (Å²) in [6.45, 7) is 6.27. The van der Waals surface area contributed by atoms with Crippen LogP contribution in [0, 0.1) is 5.92 Å². The molecule has 2 unspecified atom stereocenters. The minimum atomic E-state index is -0.434. The van der Waals surface area contributed by atoms with Crippen molar-refractivity contribution in [2.75, 3.05) is 13.2 Å². The SMILES string of the molecule is CCc1ccc(C(CO)NC(=O)C2CC(=O)N(C(C)C)C2)cc1. The molecule has 2 atom stereocenters. The third kappa shape index (κ3) is 4.10.